The number of fused-ring (bicyclic) bond motifs is 2. The highest BCUT2D eigenvalue weighted by atomic mass is 35.5. The Bertz CT molecular complexity index is 2250. The first-order valence-corrected chi connectivity index (χ1v) is 23.2. The summed E-state index contributed by atoms with van der Waals surface area (Å²) in [6.07, 6.45) is 3.80. The summed E-state index contributed by atoms with van der Waals surface area (Å²) < 4.78 is 46.6. The van der Waals surface area contributed by atoms with Crippen molar-refractivity contribution < 1.29 is 66.7 Å². The van der Waals surface area contributed by atoms with E-state index in [9.17, 15) is 19.8 Å². The summed E-state index contributed by atoms with van der Waals surface area (Å²) in [6.45, 7) is 2.68. The van der Waals surface area contributed by atoms with E-state index in [1.165, 1.54) is 0 Å². The topological polar surface area (TPSA) is 148 Å². The van der Waals surface area contributed by atoms with Gasteiger partial charge in [0.25, 0.3) is 0 Å². The molecule has 0 radical (unpaired) electrons. The second kappa shape index (κ2) is 21.6. The van der Waals surface area contributed by atoms with Crippen molar-refractivity contribution >= 4 is 23.5 Å². The van der Waals surface area contributed by atoms with Gasteiger partial charge in [0.15, 0.2) is 46.0 Å². The molecule has 2 aliphatic rings. The van der Waals surface area contributed by atoms with Crippen LogP contribution in [-0.4, -0.2) is 134 Å². The van der Waals surface area contributed by atoms with Crippen LogP contribution in [0.5, 0.6) is 46.0 Å². The highest BCUT2D eigenvalue weighted by Gasteiger charge is 2.50. The summed E-state index contributed by atoms with van der Waals surface area (Å²) in [6, 6.07) is 20.0. The van der Waals surface area contributed by atoms with E-state index >= 15 is 0 Å². The van der Waals surface area contributed by atoms with Crippen molar-refractivity contribution in [2.75, 3.05) is 97.2 Å². The number of hydrogen-bond acceptors (Lipinski definition) is 10. The molecule has 0 saturated carbocycles. The van der Waals surface area contributed by atoms with Crippen LogP contribution in [0.15, 0.2) is 60.7 Å². The zero-order valence-electron chi connectivity index (χ0n) is 40.7. The Labute approximate surface area is 400 Å². The number of aliphatic carboxylic acids is 2. The van der Waals surface area contributed by atoms with Gasteiger partial charge in [-0.1, -0.05) is 12.1 Å². The van der Waals surface area contributed by atoms with E-state index in [0.29, 0.717) is 93.7 Å². The predicted molar refractivity (Wildman–Crippen MR) is 256 cm³/mol. The average molecular weight is 950 g/mol. The molecule has 2 heterocycles. The second-order valence-corrected chi connectivity index (χ2v) is 18.8. The summed E-state index contributed by atoms with van der Waals surface area (Å²) in [7, 11) is 17.4. The molecule has 0 aliphatic carbocycles. The molecule has 6 rings (SSSR count). The largest absolute Gasteiger partial charge is 0.493 e. The monoisotopic (exact) mass is 948 g/mol. The molecule has 364 valence electrons. The van der Waals surface area contributed by atoms with E-state index in [-0.39, 0.29) is 24.9 Å². The lowest BCUT2D eigenvalue weighted by Crippen LogP contribution is -2.54. The molecule has 0 aromatic heterocycles. The van der Waals surface area contributed by atoms with Gasteiger partial charge in [-0.25, -0.2) is 0 Å². The van der Waals surface area contributed by atoms with E-state index in [4.69, 9.17) is 49.5 Å². The summed E-state index contributed by atoms with van der Waals surface area (Å²) in [5.74, 6) is 2.55. The molecule has 2 N–H and O–H groups in total. The number of ether oxygens (including phenoxy) is 8. The third-order valence-electron chi connectivity index (χ3n) is 14.8. The Hall–Kier alpha value is -5.57. The molecule has 14 nitrogen and oxygen atoms in total. The van der Waals surface area contributed by atoms with E-state index < -0.39 is 22.7 Å². The third kappa shape index (κ3) is 10.5. The summed E-state index contributed by atoms with van der Waals surface area (Å²) >= 11 is 6.80. The first kappa shape index (κ1) is 50.8. The fourth-order valence-electron chi connectivity index (χ4n) is 10.8. The zero-order chi connectivity index (χ0) is 48.7. The molecule has 4 aromatic carbocycles. The number of halogens is 1. The Kier molecular flexibility index (Phi) is 16.4. The van der Waals surface area contributed by atoms with Crippen molar-refractivity contribution in [1.29, 1.82) is 0 Å². The lowest BCUT2D eigenvalue weighted by atomic mass is 9.75. The minimum Gasteiger partial charge on any atom is -0.493 e. The number of carboxylic acids is 2. The van der Waals surface area contributed by atoms with Crippen molar-refractivity contribution in [3.63, 3.8) is 0 Å². The third-order valence-corrected chi connectivity index (χ3v) is 15.4. The van der Waals surface area contributed by atoms with Gasteiger partial charge in [-0.15, -0.1) is 11.6 Å². The quantitative estimate of drug-likeness (QED) is 0.0544. The van der Waals surface area contributed by atoms with Gasteiger partial charge in [0.1, 0.15) is 17.5 Å². The summed E-state index contributed by atoms with van der Waals surface area (Å²) in [4.78, 5) is 26.5. The number of quaternary nitrogens is 2. The molecular weight excluding hydrogens is 880 g/mol. The van der Waals surface area contributed by atoms with Gasteiger partial charge < -0.3 is 57.1 Å². The molecule has 0 spiro atoms. The number of benzene rings is 4. The Morgan fingerprint density at radius 2 is 0.910 bits per heavy atom. The minimum absolute atomic E-state index is 0.0696. The zero-order valence-corrected chi connectivity index (χ0v) is 41.5. The highest BCUT2D eigenvalue weighted by molar-refractivity contribution is 6.31. The van der Waals surface area contributed by atoms with Crippen LogP contribution in [0.1, 0.15) is 71.1 Å². The number of carboxylic acid groups (broad SMARTS) is 2. The van der Waals surface area contributed by atoms with Crippen molar-refractivity contribution in [1.82, 2.24) is 0 Å². The molecule has 0 saturated heterocycles. The van der Waals surface area contributed by atoms with Crippen molar-refractivity contribution in [2.24, 2.45) is 5.41 Å². The van der Waals surface area contributed by atoms with Gasteiger partial charge in [-0.05, 0) is 96.5 Å². The Morgan fingerprint density at radius 1 is 0.567 bits per heavy atom. The highest BCUT2D eigenvalue weighted by Crippen LogP contribution is 2.47. The van der Waals surface area contributed by atoms with Gasteiger partial charge in [-0.3, -0.25) is 9.59 Å². The fraction of sp³-hybridized carbons (Fsp3) is 0.500. The van der Waals surface area contributed by atoms with Crippen molar-refractivity contribution in [2.45, 2.75) is 68.8 Å². The maximum absolute atomic E-state index is 13.7. The predicted octanol–water partition coefficient (Wildman–Crippen LogP) is 8.35. The number of alkyl halides is 1. The summed E-state index contributed by atoms with van der Waals surface area (Å²) in [5, 5.41) is 19.9. The molecule has 0 bridgehead atoms. The van der Waals surface area contributed by atoms with Crippen LogP contribution in [0.25, 0.3) is 0 Å². The number of likely N-dealkylation sites (N-methyl/N-ethyl adjacent to an activating group) is 2. The van der Waals surface area contributed by atoms with Crippen LogP contribution < -0.4 is 37.9 Å². The molecule has 5 atom stereocenters. The summed E-state index contributed by atoms with van der Waals surface area (Å²) in [5.41, 5.74) is 4.89. The number of hydrogen-bond donors (Lipinski definition) is 2. The van der Waals surface area contributed by atoms with Crippen LogP contribution in [0, 0.1) is 5.41 Å². The molecule has 1 unspecified atom stereocenters. The molecular formula is C52H69ClN2O12+2. The van der Waals surface area contributed by atoms with E-state index in [2.05, 4.69) is 38.4 Å². The van der Waals surface area contributed by atoms with Crippen LogP contribution in [-0.2, 0) is 35.3 Å². The lowest BCUT2D eigenvalue weighted by molar-refractivity contribution is -0.941. The number of methoxy groups -OCH3 is 8. The molecule has 0 fully saturated rings. The van der Waals surface area contributed by atoms with E-state index in [0.717, 1.165) is 59.3 Å². The van der Waals surface area contributed by atoms with E-state index in [1.807, 2.05) is 36.4 Å². The number of carbonyl (C=O) groups is 2. The van der Waals surface area contributed by atoms with Gasteiger partial charge in [0.2, 0.25) is 0 Å². The van der Waals surface area contributed by atoms with Crippen molar-refractivity contribution in [3.8, 4) is 46.0 Å². The van der Waals surface area contributed by atoms with Crippen LogP contribution in [0.3, 0.4) is 0 Å². The number of rotatable bonds is 23. The van der Waals surface area contributed by atoms with Gasteiger partial charge >= 0.3 is 11.9 Å². The molecule has 4 aromatic rings. The second-order valence-electron chi connectivity index (χ2n) is 18.4. The van der Waals surface area contributed by atoms with Crippen LogP contribution in [0.2, 0.25) is 0 Å². The molecule has 15 heteroatoms. The smallest absolute Gasteiger partial charge is 0.322 e. The molecule has 2 aliphatic heterocycles. The Morgan fingerprint density at radius 3 is 1.24 bits per heavy atom. The van der Waals surface area contributed by atoms with Gasteiger partial charge in [-0.2, -0.15) is 0 Å². The maximum Gasteiger partial charge on any atom is 0.322 e. The molecule has 0 amide bonds. The lowest BCUT2D eigenvalue weighted by Gasteiger charge is -2.47. The van der Waals surface area contributed by atoms with Crippen LogP contribution >= 0.6 is 11.6 Å². The normalized spacial score (nSPS) is 20.4. The average Bonchev–Trinajstić information content (AvgIpc) is 3.33. The first-order chi connectivity index (χ1) is 32.1. The van der Waals surface area contributed by atoms with E-state index in [1.54, 1.807) is 56.9 Å². The molecule has 67 heavy (non-hydrogen) atoms. The minimum atomic E-state index is -1.74. The maximum atomic E-state index is 13.7. The standard InChI is InChI=1S/C52H67ClN2O12/c1-54(23-17-35-29-45(64-7)47(66-9)31-37(35)39(54)25-33-13-15-41(60-3)43(27-33)62-5)21-11-19-52(51(58)59,49(53)50(56)57)20-12-22-55(2)24-18-36-30-46(65-8)48(67-10)32-38(36)40(55)26-34-14-16-42(61-4)44(28-34)63-6/h13-16,27-32,39-40,49H,11-12,17-26H2,1-10H3/p+2/t39-,40-,49?,54-,55-/m1/s1. The number of nitrogens with zero attached hydrogens (tertiary/aromatic N) is 2. The van der Waals surface area contributed by atoms with Gasteiger partial charge in [0.05, 0.1) is 103 Å². The SMILES string of the molecule is COc1ccc(C[C@@H]2c3cc(OC)c(OC)cc3CC[N@@+]2(C)CCCC(CCC[N@+]2(C)CCc3cc(OC)c(OC)cc3[C@H]2Cc2ccc(OC)c(OC)c2)(C(=O)O)C(Cl)C(=O)O)cc1OC. The first-order valence-electron chi connectivity index (χ1n) is 22.8. The van der Waals surface area contributed by atoms with Crippen molar-refractivity contribution in [3.05, 3.63) is 94.0 Å². The van der Waals surface area contributed by atoms with Crippen LogP contribution in [0.4, 0.5) is 0 Å². The fourth-order valence-corrected chi connectivity index (χ4v) is 11.1. The Balaban J connectivity index is 1.30. The van der Waals surface area contributed by atoms with Gasteiger partial charge in [0, 0.05) is 36.8 Å².